The molecule has 2 aromatic heterocycles. The number of hydrogen-bond donors (Lipinski definition) is 0. The third-order valence-electron chi connectivity index (χ3n) is 5.07. The first-order valence-corrected chi connectivity index (χ1v) is 8.94. The quantitative estimate of drug-likeness (QED) is 0.683. The minimum absolute atomic E-state index is 0.00419. The number of rotatable bonds is 2. The van der Waals surface area contributed by atoms with Crippen LogP contribution in [0, 0.1) is 5.92 Å². The predicted molar refractivity (Wildman–Crippen MR) is 102 cm³/mol. The molecule has 3 aromatic rings. The molecule has 138 valence electrons. The largest absolute Gasteiger partial charge is 0.296 e. The molecule has 0 radical (unpaired) electrons. The van der Waals surface area contributed by atoms with Gasteiger partial charge in [-0.2, -0.15) is 0 Å². The van der Waals surface area contributed by atoms with Gasteiger partial charge in [-0.15, -0.1) is 0 Å². The summed E-state index contributed by atoms with van der Waals surface area (Å²) in [7, 11) is 0. The molecule has 4 rings (SSSR count). The van der Waals surface area contributed by atoms with Gasteiger partial charge < -0.3 is 0 Å². The van der Waals surface area contributed by atoms with Gasteiger partial charge in [0.15, 0.2) is 0 Å². The summed E-state index contributed by atoms with van der Waals surface area (Å²) in [5, 5.41) is 0.451. The molecule has 0 spiro atoms. The van der Waals surface area contributed by atoms with Crippen LogP contribution in [0.5, 0.6) is 0 Å². The fraction of sp³-hybridized carbons (Fsp3) is 0.286. The van der Waals surface area contributed by atoms with E-state index >= 15 is 0 Å². The number of fused-ring (bicyclic) bond motifs is 2. The van der Waals surface area contributed by atoms with Gasteiger partial charge in [-0.3, -0.25) is 14.3 Å². The number of benzene rings is 1. The number of nitrogens with zero attached hydrogens (tertiary/aromatic N) is 3. The van der Waals surface area contributed by atoms with Crippen LogP contribution in [0.2, 0.25) is 0 Å². The summed E-state index contributed by atoms with van der Waals surface area (Å²) in [6.45, 7) is 1.51. The Labute approximate surface area is 155 Å². The first-order chi connectivity index (χ1) is 12.9. The van der Waals surface area contributed by atoms with Crippen molar-refractivity contribution in [1.82, 2.24) is 14.5 Å². The van der Waals surface area contributed by atoms with E-state index in [9.17, 15) is 13.6 Å². The first kappa shape index (κ1) is 17.5. The highest BCUT2D eigenvalue weighted by atomic mass is 19.3. The molecule has 0 N–H and O–H groups in total. The van der Waals surface area contributed by atoms with Gasteiger partial charge in [-0.05, 0) is 35.9 Å². The highest BCUT2D eigenvalue weighted by Gasteiger charge is 2.39. The van der Waals surface area contributed by atoms with Gasteiger partial charge in [0.2, 0.25) is 0 Å². The van der Waals surface area contributed by atoms with Gasteiger partial charge in [0.05, 0.1) is 16.6 Å². The van der Waals surface area contributed by atoms with Crippen LogP contribution in [0.15, 0.2) is 47.4 Å². The van der Waals surface area contributed by atoms with Gasteiger partial charge in [0, 0.05) is 31.5 Å². The van der Waals surface area contributed by atoms with Gasteiger partial charge >= 0.3 is 0 Å². The van der Waals surface area contributed by atoms with Gasteiger partial charge in [0.25, 0.3) is 11.5 Å². The second-order valence-electron chi connectivity index (χ2n) is 6.97. The minimum Gasteiger partial charge on any atom is -0.296 e. The highest BCUT2D eigenvalue weighted by molar-refractivity contribution is 5.82. The zero-order valence-corrected chi connectivity index (χ0v) is 14.9. The fourth-order valence-electron chi connectivity index (χ4n) is 3.36. The molecule has 1 aliphatic heterocycles. The van der Waals surface area contributed by atoms with E-state index in [1.807, 2.05) is 42.5 Å². The van der Waals surface area contributed by atoms with Crippen molar-refractivity contribution in [3.63, 3.8) is 0 Å². The Kier molecular flexibility index (Phi) is 4.34. The predicted octanol–water partition coefficient (Wildman–Crippen LogP) is 4.18. The third-order valence-corrected chi connectivity index (χ3v) is 5.07. The van der Waals surface area contributed by atoms with Crippen LogP contribution in [0.25, 0.3) is 23.1 Å². The van der Waals surface area contributed by atoms with Crippen molar-refractivity contribution in [2.24, 2.45) is 5.92 Å². The van der Waals surface area contributed by atoms with E-state index in [-0.39, 0.29) is 24.9 Å². The van der Waals surface area contributed by atoms with Crippen molar-refractivity contribution in [3.05, 3.63) is 70.0 Å². The Morgan fingerprint density at radius 1 is 1.22 bits per heavy atom. The summed E-state index contributed by atoms with van der Waals surface area (Å²) in [5.41, 5.74) is 1.98. The number of halogens is 2. The smallest absolute Gasteiger partial charge is 0.261 e. The highest BCUT2D eigenvalue weighted by Crippen LogP contribution is 2.33. The van der Waals surface area contributed by atoms with E-state index in [0.717, 1.165) is 11.3 Å². The molecule has 1 aliphatic rings. The molecular formula is C21H19F2N3O. The van der Waals surface area contributed by atoms with Crippen LogP contribution in [-0.4, -0.2) is 20.5 Å². The molecule has 0 fully saturated rings. The molecule has 0 amide bonds. The summed E-state index contributed by atoms with van der Waals surface area (Å²) in [5.74, 6) is -3.20. The molecule has 1 atom stereocenters. The van der Waals surface area contributed by atoms with Crippen molar-refractivity contribution >= 4 is 23.1 Å². The number of hydrogen-bond acceptors (Lipinski definition) is 3. The standard InChI is InChI=1S/C21H19F2N3O/c1-14-12-19-25-18-13-15(5-7-16-4-2-3-10-24-16)6-8-17(18)20(27)26(19)11-9-21(14,22)23/h2-8,10,13-14H,9,11-12H2,1H3/b7-5+. The second-order valence-corrected chi connectivity index (χ2v) is 6.97. The van der Waals surface area contributed by atoms with E-state index in [1.54, 1.807) is 12.3 Å². The lowest BCUT2D eigenvalue weighted by molar-refractivity contribution is -0.0571. The van der Waals surface area contributed by atoms with Crippen molar-refractivity contribution < 1.29 is 8.78 Å². The number of pyridine rings is 1. The number of aromatic nitrogens is 3. The molecule has 4 nitrogen and oxygen atoms in total. The van der Waals surface area contributed by atoms with E-state index in [2.05, 4.69) is 9.97 Å². The summed E-state index contributed by atoms with van der Waals surface area (Å²) < 4.78 is 29.5. The van der Waals surface area contributed by atoms with E-state index in [1.165, 1.54) is 11.5 Å². The maximum atomic E-state index is 14.1. The molecule has 3 heterocycles. The lowest BCUT2D eigenvalue weighted by atomic mass is 9.98. The Bertz CT molecular complexity index is 1070. The minimum atomic E-state index is -2.79. The molecule has 0 saturated carbocycles. The van der Waals surface area contributed by atoms with Gasteiger partial charge in [-0.25, -0.2) is 13.8 Å². The zero-order valence-electron chi connectivity index (χ0n) is 14.9. The van der Waals surface area contributed by atoms with E-state index in [0.29, 0.717) is 16.7 Å². The molecule has 1 unspecified atom stereocenters. The molecule has 0 aliphatic carbocycles. The van der Waals surface area contributed by atoms with Crippen molar-refractivity contribution in [2.45, 2.75) is 32.2 Å². The maximum absolute atomic E-state index is 14.1. The normalized spacial score (nSPS) is 19.1. The van der Waals surface area contributed by atoms with E-state index in [4.69, 9.17) is 0 Å². The SMILES string of the molecule is CC1Cc2nc3cc(/C=C/c4ccccn4)ccc3c(=O)n2CCC1(F)F. The number of alkyl halides is 2. The van der Waals surface area contributed by atoms with Crippen LogP contribution in [0.1, 0.15) is 30.4 Å². The zero-order chi connectivity index (χ0) is 19.0. The van der Waals surface area contributed by atoms with Crippen LogP contribution < -0.4 is 5.56 Å². The average molecular weight is 367 g/mol. The molecule has 27 heavy (non-hydrogen) atoms. The van der Waals surface area contributed by atoms with Gasteiger partial charge in [0.1, 0.15) is 5.82 Å². The van der Waals surface area contributed by atoms with Crippen LogP contribution in [0.3, 0.4) is 0 Å². The van der Waals surface area contributed by atoms with Crippen LogP contribution in [0.4, 0.5) is 8.78 Å². The first-order valence-electron chi connectivity index (χ1n) is 8.94. The summed E-state index contributed by atoms with van der Waals surface area (Å²) in [4.78, 5) is 21.6. The van der Waals surface area contributed by atoms with Crippen molar-refractivity contribution in [2.75, 3.05) is 0 Å². The molecule has 1 aromatic carbocycles. The third kappa shape index (κ3) is 3.39. The summed E-state index contributed by atoms with van der Waals surface area (Å²) >= 11 is 0. The summed E-state index contributed by atoms with van der Waals surface area (Å²) in [6.07, 6.45) is 5.24. The average Bonchev–Trinajstić information content (AvgIpc) is 2.77. The molecular weight excluding hydrogens is 348 g/mol. The Hall–Kier alpha value is -2.89. The van der Waals surface area contributed by atoms with Crippen molar-refractivity contribution in [1.29, 1.82) is 0 Å². The lowest BCUT2D eigenvalue weighted by Gasteiger charge is -2.19. The second kappa shape index (κ2) is 6.68. The maximum Gasteiger partial charge on any atom is 0.261 e. The lowest BCUT2D eigenvalue weighted by Crippen LogP contribution is -2.26. The van der Waals surface area contributed by atoms with Crippen LogP contribution >= 0.6 is 0 Å². The molecule has 6 heteroatoms. The van der Waals surface area contributed by atoms with Crippen LogP contribution in [-0.2, 0) is 13.0 Å². The monoisotopic (exact) mass is 367 g/mol. The summed E-state index contributed by atoms with van der Waals surface area (Å²) in [6, 6.07) is 11.0. The topological polar surface area (TPSA) is 47.8 Å². The Morgan fingerprint density at radius 2 is 2.07 bits per heavy atom. The van der Waals surface area contributed by atoms with Gasteiger partial charge in [-0.1, -0.05) is 25.1 Å². The molecule has 0 saturated heterocycles. The van der Waals surface area contributed by atoms with E-state index < -0.39 is 11.8 Å². The fourth-order valence-corrected chi connectivity index (χ4v) is 3.36. The Balaban J connectivity index is 1.75. The Morgan fingerprint density at radius 3 is 2.85 bits per heavy atom. The van der Waals surface area contributed by atoms with Crippen molar-refractivity contribution in [3.8, 4) is 0 Å². The molecule has 0 bridgehead atoms.